The Bertz CT molecular complexity index is 1010. The van der Waals surface area contributed by atoms with Crippen LogP contribution >= 0.6 is 0 Å². The highest BCUT2D eigenvalue weighted by molar-refractivity contribution is 5.76. The lowest BCUT2D eigenvalue weighted by atomic mass is 10.0. The van der Waals surface area contributed by atoms with Crippen molar-refractivity contribution in [2.45, 2.75) is 27.7 Å². The number of urea groups is 1. The van der Waals surface area contributed by atoms with Gasteiger partial charge in [-0.15, -0.1) is 0 Å². The molecule has 1 heterocycles. The number of carbonyl (C=O) groups excluding carboxylic acids is 1. The summed E-state index contributed by atoms with van der Waals surface area (Å²) in [4.78, 5) is 16.7. The van der Waals surface area contributed by atoms with Crippen molar-refractivity contribution in [2.75, 3.05) is 13.7 Å². The highest BCUT2D eigenvalue weighted by Crippen LogP contribution is 2.27. The van der Waals surface area contributed by atoms with Gasteiger partial charge in [0.15, 0.2) is 0 Å². The first kappa shape index (κ1) is 23.9. The van der Waals surface area contributed by atoms with Gasteiger partial charge in [0.2, 0.25) is 5.88 Å². The molecule has 0 aliphatic carbocycles. The topological polar surface area (TPSA) is 92.5 Å². The predicted molar refractivity (Wildman–Crippen MR) is 125 cm³/mol. The lowest BCUT2D eigenvalue weighted by molar-refractivity contribution is 0.190. The molecule has 7 heteroatoms. The average Bonchev–Trinajstić information content (AvgIpc) is 2.78. The second-order valence-corrected chi connectivity index (χ2v) is 7.14. The Morgan fingerprint density at radius 2 is 2.00 bits per heavy atom. The van der Waals surface area contributed by atoms with Crippen LogP contribution in [0, 0.1) is 13.8 Å². The Kier molecular flexibility index (Phi) is 8.54. The lowest BCUT2D eigenvalue weighted by Crippen LogP contribution is -2.48. The van der Waals surface area contributed by atoms with Crippen molar-refractivity contribution in [1.82, 2.24) is 20.8 Å². The molecule has 1 aromatic carbocycles. The number of hydrogen-bond donors (Lipinski definition) is 3. The molecule has 0 saturated heterocycles. The minimum Gasteiger partial charge on any atom is -0.473 e. The van der Waals surface area contributed by atoms with Crippen molar-refractivity contribution in [3.8, 4) is 17.0 Å². The third-order valence-electron chi connectivity index (χ3n) is 4.98. The highest BCUT2D eigenvalue weighted by Gasteiger charge is 2.15. The molecule has 0 aliphatic rings. The number of nitrogens with one attached hydrogen (secondary N) is 2. The van der Waals surface area contributed by atoms with Crippen LogP contribution in [0.3, 0.4) is 0 Å². The van der Waals surface area contributed by atoms with Crippen molar-refractivity contribution in [3.05, 3.63) is 83.2 Å². The van der Waals surface area contributed by atoms with Crippen LogP contribution in [0.25, 0.3) is 11.1 Å². The van der Waals surface area contributed by atoms with Crippen LogP contribution in [0.4, 0.5) is 4.79 Å². The van der Waals surface area contributed by atoms with Gasteiger partial charge in [-0.2, -0.15) is 5.53 Å². The predicted octanol–water partition coefficient (Wildman–Crippen LogP) is 4.17. The molecule has 0 spiro atoms. The molecule has 0 radical (unpaired) electrons. The van der Waals surface area contributed by atoms with Gasteiger partial charge in [-0.05, 0) is 50.5 Å². The van der Waals surface area contributed by atoms with Gasteiger partial charge in [-0.25, -0.2) is 14.8 Å². The molecule has 0 unspecified atom stereocenters. The van der Waals surface area contributed by atoms with E-state index < -0.39 is 6.03 Å². The molecule has 31 heavy (non-hydrogen) atoms. The summed E-state index contributed by atoms with van der Waals surface area (Å²) >= 11 is 0. The fraction of sp³-hybridized carbons (Fsp3) is 0.250. The number of amides is 2. The number of nitrogens with zero attached hydrogens (tertiary/aromatic N) is 2. The first-order valence-corrected chi connectivity index (χ1v) is 9.97. The maximum Gasteiger partial charge on any atom is 0.336 e. The number of aryl methyl sites for hydroxylation is 2. The minimum absolute atomic E-state index is 0.217. The molecule has 7 nitrogen and oxygen atoms in total. The van der Waals surface area contributed by atoms with Crippen LogP contribution in [-0.2, 0) is 0 Å². The van der Waals surface area contributed by atoms with Gasteiger partial charge >= 0.3 is 6.03 Å². The number of aromatic nitrogens is 1. The van der Waals surface area contributed by atoms with Crippen LogP contribution in [0.1, 0.15) is 25.0 Å². The van der Waals surface area contributed by atoms with Crippen LogP contribution in [-0.4, -0.2) is 29.7 Å². The van der Waals surface area contributed by atoms with Crippen molar-refractivity contribution in [3.63, 3.8) is 0 Å². The number of carbonyl (C=O) groups is 1. The average molecular weight is 422 g/mol. The SMILES string of the molecule is C=C/C(C)=C(COc1ncc(-c2ccccc2C)cc1C)\C(=C/C)NC(=O)N(C)NN. The quantitative estimate of drug-likeness (QED) is 0.338. The van der Waals surface area contributed by atoms with Gasteiger partial charge in [0, 0.05) is 35.6 Å². The molecule has 4 N–H and O–H groups in total. The van der Waals surface area contributed by atoms with E-state index in [9.17, 15) is 4.79 Å². The Morgan fingerprint density at radius 1 is 1.29 bits per heavy atom. The summed E-state index contributed by atoms with van der Waals surface area (Å²) in [7, 11) is 1.52. The van der Waals surface area contributed by atoms with E-state index in [1.54, 1.807) is 12.2 Å². The monoisotopic (exact) mass is 421 g/mol. The fourth-order valence-electron chi connectivity index (χ4n) is 3.00. The number of ether oxygens (including phenoxy) is 1. The Morgan fingerprint density at radius 3 is 2.58 bits per heavy atom. The molecule has 2 amide bonds. The van der Waals surface area contributed by atoms with Gasteiger partial charge in [-0.3, -0.25) is 5.84 Å². The summed E-state index contributed by atoms with van der Waals surface area (Å²) in [6, 6.07) is 9.85. The van der Waals surface area contributed by atoms with E-state index in [1.165, 1.54) is 12.6 Å². The van der Waals surface area contributed by atoms with Crippen molar-refractivity contribution >= 4 is 6.03 Å². The van der Waals surface area contributed by atoms with Crippen molar-refractivity contribution < 1.29 is 9.53 Å². The summed E-state index contributed by atoms with van der Waals surface area (Å²) in [6.45, 7) is 11.9. The summed E-state index contributed by atoms with van der Waals surface area (Å²) in [5, 5.41) is 3.96. The van der Waals surface area contributed by atoms with Gasteiger partial charge < -0.3 is 10.1 Å². The zero-order valence-electron chi connectivity index (χ0n) is 18.8. The molecular weight excluding hydrogens is 390 g/mol. The summed E-state index contributed by atoms with van der Waals surface area (Å²) in [5.41, 5.74) is 8.86. The van der Waals surface area contributed by atoms with Gasteiger partial charge in [0.25, 0.3) is 0 Å². The third kappa shape index (κ3) is 6.04. The second kappa shape index (κ2) is 11.1. The molecule has 2 aromatic rings. The zero-order chi connectivity index (χ0) is 23.0. The largest absolute Gasteiger partial charge is 0.473 e. The molecule has 0 bridgehead atoms. The van der Waals surface area contributed by atoms with E-state index in [-0.39, 0.29) is 6.61 Å². The zero-order valence-corrected chi connectivity index (χ0v) is 18.8. The fourth-order valence-corrected chi connectivity index (χ4v) is 3.00. The number of benzene rings is 1. The number of pyridine rings is 1. The first-order chi connectivity index (χ1) is 14.8. The molecule has 164 valence electrons. The van der Waals surface area contributed by atoms with Crippen molar-refractivity contribution in [1.29, 1.82) is 0 Å². The molecule has 1 aromatic heterocycles. The van der Waals surface area contributed by atoms with Crippen LogP contribution in [0.15, 0.2) is 72.1 Å². The smallest absolute Gasteiger partial charge is 0.336 e. The highest BCUT2D eigenvalue weighted by atomic mass is 16.5. The lowest BCUT2D eigenvalue weighted by Gasteiger charge is -2.20. The third-order valence-corrected chi connectivity index (χ3v) is 4.98. The maximum atomic E-state index is 12.2. The minimum atomic E-state index is -0.401. The Balaban J connectivity index is 2.23. The standard InChI is InChI=1S/C24H31N5O2/c1-7-16(3)21(22(8-2)27-24(30)29(6)28-25)15-31-23-18(5)13-19(14-26-23)20-12-10-9-11-17(20)4/h7-14,28H,1,15,25H2,2-6H3,(H,27,30)/b21-16-,22-8+. The summed E-state index contributed by atoms with van der Waals surface area (Å²) < 4.78 is 6.03. The number of hydrogen-bond acceptors (Lipinski definition) is 5. The van der Waals surface area contributed by atoms with E-state index >= 15 is 0 Å². The number of allylic oxidation sites excluding steroid dienone is 3. The number of hydrazine groups is 2. The molecule has 2 rings (SSSR count). The molecule has 0 atom stereocenters. The molecular formula is C24H31N5O2. The maximum absolute atomic E-state index is 12.2. The van der Waals surface area contributed by atoms with E-state index in [4.69, 9.17) is 10.6 Å². The summed E-state index contributed by atoms with van der Waals surface area (Å²) in [5.74, 6) is 5.84. The molecule has 0 fully saturated rings. The van der Waals surface area contributed by atoms with Gasteiger partial charge in [-0.1, -0.05) is 43.0 Å². The van der Waals surface area contributed by atoms with E-state index in [2.05, 4.69) is 47.5 Å². The number of rotatable bonds is 8. The van der Waals surface area contributed by atoms with Crippen LogP contribution in [0.2, 0.25) is 0 Å². The van der Waals surface area contributed by atoms with Crippen molar-refractivity contribution in [2.24, 2.45) is 5.84 Å². The van der Waals surface area contributed by atoms with Gasteiger partial charge in [0.1, 0.15) is 6.61 Å². The van der Waals surface area contributed by atoms with E-state index in [1.807, 2.05) is 39.1 Å². The first-order valence-electron chi connectivity index (χ1n) is 9.97. The number of nitrogens with two attached hydrogens (primary N) is 1. The molecule has 0 aliphatic heterocycles. The Labute approximate surface area is 184 Å². The molecule has 0 saturated carbocycles. The van der Waals surface area contributed by atoms with Gasteiger partial charge in [0.05, 0.1) is 0 Å². The van der Waals surface area contributed by atoms with Crippen LogP contribution in [0.5, 0.6) is 5.88 Å². The Hall–Kier alpha value is -3.42. The van der Waals surface area contributed by atoms with E-state index in [0.29, 0.717) is 11.6 Å². The van der Waals surface area contributed by atoms with Crippen LogP contribution < -0.4 is 21.4 Å². The second-order valence-electron chi connectivity index (χ2n) is 7.14. The summed E-state index contributed by atoms with van der Waals surface area (Å²) in [6.07, 6.45) is 5.34. The normalized spacial score (nSPS) is 12.1. The van der Waals surface area contributed by atoms with E-state index in [0.717, 1.165) is 32.8 Å².